The van der Waals surface area contributed by atoms with Gasteiger partial charge in [-0.05, 0) is 43.0 Å². The highest BCUT2D eigenvalue weighted by Gasteiger charge is 2.15. The highest BCUT2D eigenvalue weighted by atomic mass is 19.1. The normalized spacial score (nSPS) is 14.2. The molecule has 0 radical (unpaired) electrons. The fourth-order valence-corrected chi connectivity index (χ4v) is 2.12. The first-order valence-corrected chi connectivity index (χ1v) is 7.19. The van der Waals surface area contributed by atoms with Crippen LogP contribution in [-0.4, -0.2) is 13.7 Å². The molecule has 0 amide bonds. The van der Waals surface area contributed by atoms with Crippen molar-refractivity contribution in [3.63, 3.8) is 0 Å². The first kappa shape index (κ1) is 16.0. The molecule has 19 heavy (non-hydrogen) atoms. The number of nitrogens with one attached hydrogen (secondary N) is 1. The lowest BCUT2D eigenvalue weighted by atomic mass is 9.94. The molecule has 0 heterocycles. The molecule has 0 aliphatic heterocycles. The van der Waals surface area contributed by atoms with Crippen LogP contribution < -0.4 is 10.1 Å². The molecular formula is C16H26FNO. The van der Waals surface area contributed by atoms with Crippen molar-refractivity contribution < 1.29 is 9.13 Å². The third-order valence-corrected chi connectivity index (χ3v) is 3.55. The summed E-state index contributed by atoms with van der Waals surface area (Å²) in [6.45, 7) is 7.58. The van der Waals surface area contributed by atoms with Crippen molar-refractivity contribution in [1.82, 2.24) is 5.32 Å². The number of hydrogen-bond donors (Lipinski definition) is 1. The van der Waals surface area contributed by atoms with Gasteiger partial charge in [-0.3, -0.25) is 0 Å². The van der Waals surface area contributed by atoms with Gasteiger partial charge in [0.05, 0.1) is 7.11 Å². The predicted octanol–water partition coefficient (Wildman–Crippen LogP) is 4.31. The number of benzene rings is 1. The maximum Gasteiger partial charge on any atom is 0.165 e. The van der Waals surface area contributed by atoms with Crippen molar-refractivity contribution >= 4 is 0 Å². The Morgan fingerprint density at radius 1 is 1.32 bits per heavy atom. The minimum Gasteiger partial charge on any atom is -0.494 e. The maximum atomic E-state index is 13.5. The third kappa shape index (κ3) is 4.83. The van der Waals surface area contributed by atoms with Gasteiger partial charge in [-0.25, -0.2) is 4.39 Å². The van der Waals surface area contributed by atoms with E-state index in [2.05, 4.69) is 26.1 Å². The largest absolute Gasteiger partial charge is 0.494 e. The molecule has 2 nitrogen and oxygen atoms in total. The quantitative estimate of drug-likeness (QED) is 0.757. The summed E-state index contributed by atoms with van der Waals surface area (Å²) in [5.41, 5.74) is 1.10. The molecule has 2 unspecified atom stereocenters. The van der Waals surface area contributed by atoms with Gasteiger partial charge in [0.25, 0.3) is 0 Å². The summed E-state index contributed by atoms with van der Waals surface area (Å²) in [7, 11) is 1.51. The van der Waals surface area contributed by atoms with Crippen molar-refractivity contribution in [3.8, 4) is 5.75 Å². The molecule has 3 heteroatoms. The summed E-state index contributed by atoms with van der Waals surface area (Å²) in [4.78, 5) is 0. The second kappa shape index (κ2) is 8.16. The SMILES string of the molecule is CCCNC(CC(C)CC)c1ccc(F)c(OC)c1. The van der Waals surface area contributed by atoms with Crippen LogP contribution in [0.5, 0.6) is 5.75 Å². The average molecular weight is 267 g/mol. The van der Waals surface area contributed by atoms with Crippen molar-refractivity contribution in [1.29, 1.82) is 0 Å². The van der Waals surface area contributed by atoms with E-state index in [1.807, 2.05) is 12.1 Å². The highest BCUT2D eigenvalue weighted by Crippen LogP contribution is 2.27. The van der Waals surface area contributed by atoms with E-state index in [0.29, 0.717) is 11.7 Å². The Hall–Kier alpha value is -1.09. The first-order valence-electron chi connectivity index (χ1n) is 7.19. The van der Waals surface area contributed by atoms with Gasteiger partial charge in [-0.2, -0.15) is 0 Å². The zero-order chi connectivity index (χ0) is 14.3. The fraction of sp³-hybridized carbons (Fsp3) is 0.625. The number of hydrogen-bond acceptors (Lipinski definition) is 2. The molecule has 2 atom stereocenters. The number of methoxy groups -OCH3 is 1. The Morgan fingerprint density at radius 3 is 2.63 bits per heavy atom. The molecule has 0 aliphatic rings. The summed E-state index contributed by atoms with van der Waals surface area (Å²) in [6, 6.07) is 5.42. The van der Waals surface area contributed by atoms with Crippen molar-refractivity contribution in [2.75, 3.05) is 13.7 Å². The van der Waals surface area contributed by atoms with Crippen molar-refractivity contribution in [3.05, 3.63) is 29.6 Å². The number of rotatable bonds is 8. The third-order valence-electron chi connectivity index (χ3n) is 3.55. The molecule has 1 aromatic rings. The molecule has 1 rings (SSSR count). The summed E-state index contributed by atoms with van der Waals surface area (Å²) < 4.78 is 18.5. The van der Waals surface area contributed by atoms with Crippen LogP contribution >= 0.6 is 0 Å². The Labute approximate surface area is 116 Å². The lowest BCUT2D eigenvalue weighted by molar-refractivity contribution is 0.378. The van der Waals surface area contributed by atoms with E-state index >= 15 is 0 Å². The molecule has 108 valence electrons. The van der Waals surface area contributed by atoms with E-state index in [1.54, 1.807) is 0 Å². The van der Waals surface area contributed by atoms with Crippen LogP contribution in [0, 0.1) is 11.7 Å². The zero-order valence-corrected chi connectivity index (χ0v) is 12.5. The van der Waals surface area contributed by atoms with Gasteiger partial charge in [0.15, 0.2) is 11.6 Å². The predicted molar refractivity (Wildman–Crippen MR) is 78.1 cm³/mol. The number of halogens is 1. The molecule has 0 spiro atoms. The summed E-state index contributed by atoms with van der Waals surface area (Å²) >= 11 is 0. The molecule has 0 saturated heterocycles. The lowest BCUT2D eigenvalue weighted by Crippen LogP contribution is -2.24. The Morgan fingerprint density at radius 2 is 2.05 bits per heavy atom. The van der Waals surface area contributed by atoms with Crippen LogP contribution in [0.1, 0.15) is 51.6 Å². The molecule has 1 aromatic carbocycles. The Bertz CT molecular complexity index is 381. The second-order valence-electron chi connectivity index (χ2n) is 5.15. The summed E-state index contributed by atoms with van der Waals surface area (Å²) in [5.74, 6) is 0.666. The van der Waals surface area contributed by atoms with Gasteiger partial charge in [0.2, 0.25) is 0 Å². The fourth-order valence-electron chi connectivity index (χ4n) is 2.12. The molecule has 0 aromatic heterocycles. The van der Waals surface area contributed by atoms with Crippen LogP contribution in [0.2, 0.25) is 0 Å². The van der Waals surface area contributed by atoms with Gasteiger partial charge in [-0.15, -0.1) is 0 Å². The van der Waals surface area contributed by atoms with Gasteiger partial charge in [0, 0.05) is 6.04 Å². The standard InChI is InChI=1S/C16H26FNO/c1-5-9-18-15(10-12(3)6-2)13-7-8-14(17)16(11-13)19-4/h7-8,11-12,15,18H,5-6,9-10H2,1-4H3. The zero-order valence-electron chi connectivity index (χ0n) is 12.5. The van der Waals surface area contributed by atoms with Crippen LogP contribution in [0.25, 0.3) is 0 Å². The van der Waals surface area contributed by atoms with E-state index in [0.717, 1.165) is 31.4 Å². The van der Waals surface area contributed by atoms with Gasteiger partial charge < -0.3 is 10.1 Å². The first-order chi connectivity index (χ1) is 9.12. The highest BCUT2D eigenvalue weighted by molar-refractivity contribution is 5.32. The smallest absolute Gasteiger partial charge is 0.165 e. The van der Waals surface area contributed by atoms with Gasteiger partial charge in [-0.1, -0.05) is 33.3 Å². The van der Waals surface area contributed by atoms with Gasteiger partial charge >= 0.3 is 0 Å². The van der Waals surface area contributed by atoms with E-state index in [4.69, 9.17) is 4.74 Å². The van der Waals surface area contributed by atoms with Crippen LogP contribution in [0.3, 0.4) is 0 Å². The lowest BCUT2D eigenvalue weighted by Gasteiger charge is -2.22. The molecular weight excluding hydrogens is 241 g/mol. The summed E-state index contributed by atoms with van der Waals surface area (Å²) in [6.07, 6.45) is 3.31. The van der Waals surface area contributed by atoms with Crippen LogP contribution in [0.4, 0.5) is 4.39 Å². The average Bonchev–Trinajstić information content (AvgIpc) is 2.43. The molecule has 1 N–H and O–H groups in total. The van der Waals surface area contributed by atoms with E-state index in [1.165, 1.54) is 13.2 Å². The number of ether oxygens (including phenoxy) is 1. The molecule has 0 saturated carbocycles. The molecule has 0 bridgehead atoms. The van der Waals surface area contributed by atoms with Crippen molar-refractivity contribution in [2.24, 2.45) is 5.92 Å². The molecule has 0 fully saturated rings. The van der Waals surface area contributed by atoms with Crippen LogP contribution in [0.15, 0.2) is 18.2 Å². The minimum absolute atomic E-state index is 0.268. The van der Waals surface area contributed by atoms with Gasteiger partial charge in [0.1, 0.15) is 0 Å². The Kier molecular flexibility index (Phi) is 6.85. The monoisotopic (exact) mass is 267 g/mol. The van der Waals surface area contributed by atoms with E-state index in [-0.39, 0.29) is 11.9 Å². The van der Waals surface area contributed by atoms with Crippen molar-refractivity contribution in [2.45, 2.75) is 46.1 Å². The topological polar surface area (TPSA) is 21.3 Å². The maximum absolute atomic E-state index is 13.5. The van der Waals surface area contributed by atoms with E-state index in [9.17, 15) is 4.39 Å². The molecule has 0 aliphatic carbocycles. The second-order valence-corrected chi connectivity index (χ2v) is 5.15. The summed E-state index contributed by atoms with van der Waals surface area (Å²) in [5, 5.41) is 3.54. The van der Waals surface area contributed by atoms with Crippen LogP contribution in [-0.2, 0) is 0 Å². The minimum atomic E-state index is -0.302. The van der Waals surface area contributed by atoms with E-state index < -0.39 is 0 Å². The Balaban J connectivity index is 2.88.